The van der Waals surface area contributed by atoms with E-state index in [2.05, 4.69) is 14.7 Å². The van der Waals surface area contributed by atoms with Crippen LogP contribution in [0.5, 0.6) is 5.75 Å². The zero-order valence-corrected chi connectivity index (χ0v) is 20.6. The minimum Gasteiger partial charge on any atom is -0.494 e. The molecule has 3 aromatic heterocycles. The standard InChI is InChI=1S/C23H18ClF3N4O4S/c1-12-8-17(30-36(33,34)13-4-5-16(24)15(9-13)23(25,26)27)20(28-10-12)21(32)19-14-6-7-31(2)22(14)29-11-18(19)35-3/h4-11,30H,1-3H3. The number of fused-ring (bicyclic) bond motifs is 1. The Labute approximate surface area is 208 Å². The number of benzene rings is 1. The van der Waals surface area contributed by atoms with Gasteiger partial charge in [-0.1, -0.05) is 11.6 Å². The van der Waals surface area contributed by atoms with Crippen LogP contribution in [0, 0.1) is 6.92 Å². The van der Waals surface area contributed by atoms with E-state index < -0.39 is 37.5 Å². The van der Waals surface area contributed by atoms with Crippen LogP contribution < -0.4 is 9.46 Å². The van der Waals surface area contributed by atoms with Gasteiger partial charge in [-0.15, -0.1) is 0 Å². The summed E-state index contributed by atoms with van der Waals surface area (Å²) in [5.41, 5.74) is -0.711. The molecular formula is C23H18ClF3N4O4S. The Bertz CT molecular complexity index is 1620. The van der Waals surface area contributed by atoms with Gasteiger partial charge < -0.3 is 9.30 Å². The van der Waals surface area contributed by atoms with Gasteiger partial charge in [0.15, 0.2) is 0 Å². The first-order chi connectivity index (χ1) is 16.8. The lowest BCUT2D eigenvalue weighted by molar-refractivity contribution is -0.137. The van der Waals surface area contributed by atoms with Crippen molar-refractivity contribution in [3.63, 3.8) is 0 Å². The topological polar surface area (TPSA) is 103 Å². The molecule has 0 aliphatic carbocycles. The molecule has 0 atom stereocenters. The summed E-state index contributed by atoms with van der Waals surface area (Å²) in [7, 11) is -1.48. The van der Waals surface area contributed by atoms with Gasteiger partial charge in [-0.05, 0) is 42.8 Å². The molecule has 0 fully saturated rings. The van der Waals surface area contributed by atoms with E-state index in [0.717, 1.165) is 12.1 Å². The molecular weight excluding hydrogens is 521 g/mol. The third-order valence-corrected chi connectivity index (χ3v) is 7.04. The minimum absolute atomic E-state index is 0.103. The van der Waals surface area contributed by atoms with E-state index in [4.69, 9.17) is 16.3 Å². The lowest BCUT2D eigenvalue weighted by Gasteiger charge is -2.15. The summed E-state index contributed by atoms with van der Waals surface area (Å²) >= 11 is 5.62. The Kier molecular flexibility index (Phi) is 6.43. The number of rotatable bonds is 6. The van der Waals surface area contributed by atoms with Gasteiger partial charge in [0.2, 0.25) is 5.78 Å². The number of anilines is 1. The average molecular weight is 539 g/mol. The van der Waals surface area contributed by atoms with Crippen molar-refractivity contribution in [3.05, 3.63) is 76.3 Å². The molecule has 36 heavy (non-hydrogen) atoms. The Balaban J connectivity index is 1.83. The second kappa shape index (κ2) is 9.10. The maximum Gasteiger partial charge on any atom is 0.417 e. The maximum atomic E-state index is 13.7. The number of nitrogens with one attached hydrogen (secondary N) is 1. The van der Waals surface area contributed by atoms with E-state index in [1.165, 1.54) is 25.6 Å². The summed E-state index contributed by atoms with van der Waals surface area (Å²) in [4.78, 5) is 21.4. The number of methoxy groups -OCH3 is 1. The van der Waals surface area contributed by atoms with E-state index in [1.807, 2.05) is 0 Å². The average Bonchev–Trinajstić information content (AvgIpc) is 3.18. The van der Waals surface area contributed by atoms with E-state index >= 15 is 0 Å². The molecule has 0 bridgehead atoms. The fraction of sp³-hybridized carbons (Fsp3) is 0.174. The van der Waals surface area contributed by atoms with Crippen molar-refractivity contribution in [2.45, 2.75) is 18.0 Å². The SMILES string of the molecule is COc1cnc2c(ccn2C)c1C(=O)c1ncc(C)cc1NS(=O)(=O)c1ccc(Cl)c(C(F)(F)F)c1. The van der Waals surface area contributed by atoms with E-state index in [9.17, 15) is 26.4 Å². The lowest BCUT2D eigenvalue weighted by atomic mass is 10.0. The van der Waals surface area contributed by atoms with Crippen LogP contribution in [0.1, 0.15) is 27.2 Å². The molecule has 0 radical (unpaired) electrons. The molecule has 4 aromatic rings. The largest absolute Gasteiger partial charge is 0.494 e. The lowest BCUT2D eigenvalue weighted by Crippen LogP contribution is -2.18. The zero-order valence-electron chi connectivity index (χ0n) is 19.0. The highest BCUT2D eigenvalue weighted by molar-refractivity contribution is 7.92. The highest BCUT2D eigenvalue weighted by Gasteiger charge is 2.35. The second-order valence-corrected chi connectivity index (χ2v) is 9.94. The predicted molar refractivity (Wildman–Crippen MR) is 127 cm³/mol. The molecule has 0 saturated heterocycles. The number of pyridine rings is 2. The van der Waals surface area contributed by atoms with Gasteiger partial charge in [0.1, 0.15) is 17.1 Å². The number of carbonyl (C=O) groups excluding carboxylic acids is 1. The van der Waals surface area contributed by atoms with Crippen LogP contribution in [0.4, 0.5) is 18.9 Å². The van der Waals surface area contributed by atoms with Crippen molar-refractivity contribution in [1.29, 1.82) is 0 Å². The molecule has 8 nitrogen and oxygen atoms in total. The van der Waals surface area contributed by atoms with Crippen LogP contribution in [-0.2, 0) is 23.2 Å². The number of ether oxygens (including phenoxy) is 1. The van der Waals surface area contributed by atoms with Gasteiger partial charge in [-0.25, -0.2) is 13.4 Å². The highest BCUT2D eigenvalue weighted by Crippen LogP contribution is 2.37. The van der Waals surface area contributed by atoms with Crippen LogP contribution in [0.15, 0.2) is 53.8 Å². The number of halogens is 4. The number of carbonyl (C=O) groups is 1. The normalized spacial score (nSPS) is 12.1. The maximum absolute atomic E-state index is 13.7. The second-order valence-electron chi connectivity index (χ2n) is 7.85. The van der Waals surface area contributed by atoms with Gasteiger partial charge in [0, 0.05) is 24.8 Å². The summed E-state index contributed by atoms with van der Waals surface area (Å²) in [5.74, 6) is -0.530. The molecule has 0 saturated carbocycles. The first-order valence-electron chi connectivity index (χ1n) is 10.2. The monoisotopic (exact) mass is 538 g/mol. The molecule has 0 unspecified atom stereocenters. The van der Waals surface area contributed by atoms with Gasteiger partial charge >= 0.3 is 6.18 Å². The molecule has 0 amide bonds. The summed E-state index contributed by atoms with van der Waals surface area (Å²) < 4.78 is 75.2. The minimum atomic E-state index is -4.87. The molecule has 13 heteroatoms. The van der Waals surface area contributed by atoms with Crippen molar-refractivity contribution in [3.8, 4) is 5.75 Å². The Morgan fingerprint density at radius 1 is 1.14 bits per heavy atom. The van der Waals surface area contributed by atoms with E-state index in [-0.39, 0.29) is 22.7 Å². The Morgan fingerprint density at radius 3 is 2.53 bits per heavy atom. The van der Waals surface area contributed by atoms with Crippen LogP contribution in [-0.4, -0.2) is 35.8 Å². The molecule has 4 rings (SSSR count). The van der Waals surface area contributed by atoms with Gasteiger partial charge in [0.05, 0.1) is 40.0 Å². The van der Waals surface area contributed by atoms with Crippen molar-refractivity contribution >= 4 is 44.1 Å². The molecule has 188 valence electrons. The number of aryl methyl sites for hydroxylation is 2. The Morgan fingerprint density at radius 2 is 1.86 bits per heavy atom. The number of hydrogen-bond acceptors (Lipinski definition) is 6. The van der Waals surface area contributed by atoms with Crippen LogP contribution in [0.2, 0.25) is 5.02 Å². The molecule has 0 aliphatic heterocycles. The molecule has 1 N–H and O–H groups in total. The summed E-state index contributed by atoms with van der Waals surface area (Å²) in [6, 6.07) is 5.21. The van der Waals surface area contributed by atoms with Crippen molar-refractivity contribution in [2.75, 3.05) is 11.8 Å². The smallest absolute Gasteiger partial charge is 0.417 e. The quantitative estimate of drug-likeness (QED) is 0.347. The van der Waals surface area contributed by atoms with Crippen molar-refractivity contribution < 1.29 is 31.1 Å². The van der Waals surface area contributed by atoms with E-state index in [1.54, 1.807) is 30.8 Å². The summed E-state index contributed by atoms with van der Waals surface area (Å²) in [6.07, 6.45) is -0.447. The van der Waals surface area contributed by atoms with Crippen molar-refractivity contribution in [2.24, 2.45) is 7.05 Å². The fourth-order valence-electron chi connectivity index (χ4n) is 3.62. The summed E-state index contributed by atoms with van der Waals surface area (Å²) in [6.45, 7) is 1.62. The Hall–Kier alpha value is -3.64. The van der Waals surface area contributed by atoms with Crippen LogP contribution >= 0.6 is 11.6 Å². The number of aromatic nitrogens is 3. The first-order valence-corrected chi connectivity index (χ1v) is 12.1. The zero-order chi connectivity index (χ0) is 26.4. The number of nitrogens with zero attached hydrogens (tertiary/aromatic N) is 3. The predicted octanol–water partition coefficient (Wildman–Crippen LogP) is 4.99. The first kappa shape index (κ1) is 25.5. The van der Waals surface area contributed by atoms with Gasteiger partial charge in [-0.3, -0.25) is 14.5 Å². The van der Waals surface area contributed by atoms with E-state index in [0.29, 0.717) is 22.7 Å². The van der Waals surface area contributed by atoms with Crippen LogP contribution in [0.3, 0.4) is 0 Å². The summed E-state index contributed by atoms with van der Waals surface area (Å²) in [5, 5.41) is -0.197. The van der Waals surface area contributed by atoms with Crippen molar-refractivity contribution in [1.82, 2.24) is 14.5 Å². The van der Waals surface area contributed by atoms with Gasteiger partial charge in [0.25, 0.3) is 10.0 Å². The number of alkyl halides is 3. The highest BCUT2D eigenvalue weighted by atomic mass is 35.5. The molecule has 0 aliphatic rings. The molecule has 0 spiro atoms. The number of hydrogen-bond donors (Lipinski definition) is 1. The third kappa shape index (κ3) is 4.61. The fourth-order valence-corrected chi connectivity index (χ4v) is 4.93. The third-order valence-electron chi connectivity index (χ3n) is 5.34. The number of sulfonamides is 1. The molecule has 3 heterocycles. The van der Waals surface area contributed by atoms with Gasteiger partial charge in [-0.2, -0.15) is 13.2 Å². The van der Waals surface area contributed by atoms with Crippen LogP contribution in [0.25, 0.3) is 11.0 Å². The molecule has 1 aromatic carbocycles. The number of ketones is 1.